The van der Waals surface area contributed by atoms with E-state index in [-0.39, 0.29) is 23.9 Å². The molecular weight excluding hydrogens is 426 g/mol. The van der Waals surface area contributed by atoms with Crippen LogP contribution in [0.2, 0.25) is 5.02 Å². The van der Waals surface area contributed by atoms with Crippen molar-refractivity contribution in [3.8, 4) is 11.5 Å². The number of carbonyl (C=O) groups is 1. The van der Waals surface area contributed by atoms with E-state index in [0.717, 1.165) is 22.0 Å². The second-order valence-electron chi connectivity index (χ2n) is 7.84. The predicted molar refractivity (Wildman–Crippen MR) is 124 cm³/mol. The summed E-state index contributed by atoms with van der Waals surface area (Å²) in [6.45, 7) is 0.418. The Morgan fingerprint density at radius 2 is 1.72 bits per heavy atom. The summed E-state index contributed by atoms with van der Waals surface area (Å²) in [4.78, 5) is 25.6. The van der Waals surface area contributed by atoms with E-state index in [1.54, 1.807) is 11.6 Å². The summed E-state index contributed by atoms with van der Waals surface area (Å²) in [5.41, 5.74) is 2.97. The molecule has 0 saturated heterocycles. The summed E-state index contributed by atoms with van der Waals surface area (Å²) in [5, 5.41) is 1.44. The van der Waals surface area contributed by atoms with Crippen LogP contribution in [-0.4, -0.2) is 10.5 Å². The van der Waals surface area contributed by atoms with Gasteiger partial charge in [0.05, 0.1) is 17.5 Å². The molecule has 0 radical (unpaired) electrons. The molecule has 0 bridgehead atoms. The van der Waals surface area contributed by atoms with Crippen LogP contribution in [0, 0.1) is 0 Å². The van der Waals surface area contributed by atoms with Crippen LogP contribution in [0.5, 0.6) is 11.5 Å². The third kappa shape index (κ3) is 3.65. The molecule has 0 amide bonds. The molecule has 0 fully saturated rings. The molecule has 0 saturated carbocycles. The number of carbonyl (C=O) groups excluding carboxylic acids is 1. The maximum Gasteiger partial charge on any atom is 0.312 e. The van der Waals surface area contributed by atoms with Gasteiger partial charge in [0, 0.05) is 23.4 Å². The third-order valence-electron chi connectivity index (χ3n) is 5.83. The summed E-state index contributed by atoms with van der Waals surface area (Å²) in [6, 6.07) is 22.5. The van der Waals surface area contributed by atoms with Crippen molar-refractivity contribution in [1.82, 2.24) is 4.57 Å². The topological polar surface area (TPSA) is 57.5 Å². The number of fused-ring (bicyclic) bond motifs is 3. The van der Waals surface area contributed by atoms with E-state index in [9.17, 15) is 9.59 Å². The highest BCUT2D eigenvalue weighted by atomic mass is 35.5. The smallest absolute Gasteiger partial charge is 0.312 e. The zero-order valence-corrected chi connectivity index (χ0v) is 18.1. The zero-order valence-electron chi connectivity index (χ0n) is 17.4. The molecule has 5 nitrogen and oxygen atoms in total. The van der Waals surface area contributed by atoms with Crippen molar-refractivity contribution >= 4 is 28.5 Å². The second-order valence-corrected chi connectivity index (χ2v) is 8.28. The highest BCUT2D eigenvalue weighted by molar-refractivity contribution is 6.30. The fourth-order valence-electron chi connectivity index (χ4n) is 4.16. The van der Waals surface area contributed by atoms with Gasteiger partial charge in [0.1, 0.15) is 18.1 Å². The number of rotatable bonds is 4. The summed E-state index contributed by atoms with van der Waals surface area (Å²) in [7, 11) is 1.74. The summed E-state index contributed by atoms with van der Waals surface area (Å²) in [6.07, 6.45) is 0.117. The Labute approximate surface area is 189 Å². The Kier molecular flexibility index (Phi) is 5.19. The van der Waals surface area contributed by atoms with Crippen molar-refractivity contribution in [1.29, 1.82) is 0 Å². The minimum atomic E-state index is -0.375. The minimum absolute atomic E-state index is 0.117. The molecule has 1 aromatic heterocycles. The highest BCUT2D eigenvalue weighted by Gasteiger charge is 2.33. The quantitative estimate of drug-likeness (QED) is 0.404. The minimum Gasteiger partial charge on any atom is -0.489 e. The Balaban J connectivity index is 1.47. The third-order valence-corrected chi connectivity index (χ3v) is 6.08. The SMILES string of the molecule is Cn1c(=O)c2c(c3ccccc31)OC(=O)CC2c1ccc(OCc2ccc(Cl)cc2)cc1. The van der Waals surface area contributed by atoms with E-state index in [4.69, 9.17) is 21.1 Å². The van der Waals surface area contributed by atoms with Gasteiger partial charge in [-0.15, -0.1) is 0 Å². The van der Waals surface area contributed by atoms with Crippen molar-refractivity contribution in [3.05, 3.63) is 105 Å². The molecule has 6 heteroatoms. The fourth-order valence-corrected chi connectivity index (χ4v) is 4.29. The summed E-state index contributed by atoms with van der Waals surface area (Å²) >= 11 is 5.92. The molecule has 0 spiro atoms. The van der Waals surface area contributed by atoms with Crippen molar-refractivity contribution in [2.45, 2.75) is 18.9 Å². The van der Waals surface area contributed by atoms with Crippen LogP contribution in [0.4, 0.5) is 0 Å². The molecule has 1 atom stereocenters. The lowest BCUT2D eigenvalue weighted by molar-refractivity contribution is -0.135. The van der Waals surface area contributed by atoms with Gasteiger partial charge < -0.3 is 14.0 Å². The van der Waals surface area contributed by atoms with E-state index in [2.05, 4.69) is 0 Å². The number of ether oxygens (including phenoxy) is 2. The monoisotopic (exact) mass is 445 g/mol. The number of hydrogen-bond acceptors (Lipinski definition) is 4. The molecule has 5 rings (SSSR count). The van der Waals surface area contributed by atoms with Crippen LogP contribution < -0.4 is 15.0 Å². The van der Waals surface area contributed by atoms with E-state index in [1.807, 2.05) is 72.8 Å². The first-order chi connectivity index (χ1) is 15.5. The summed E-state index contributed by atoms with van der Waals surface area (Å²) < 4.78 is 13.0. The Bertz CT molecular complexity index is 1370. The fraction of sp³-hybridized carbons (Fsp3) is 0.154. The first-order valence-electron chi connectivity index (χ1n) is 10.3. The highest BCUT2D eigenvalue weighted by Crippen LogP contribution is 2.40. The van der Waals surface area contributed by atoms with Crippen LogP contribution in [0.25, 0.3) is 10.9 Å². The van der Waals surface area contributed by atoms with Crippen molar-refractivity contribution in [3.63, 3.8) is 0 Å². The van der Waals surface area contributed by atoms with Crippen molar-refractivity contribution < 1.29 is 14.3 Å². The van der Waals surface area contributed by atoms with Crippen molar-refractivity contribution in [2.75, 3.05) is 0 Å². The number of aryl methyl sites for hydroxylation is 1. The second kappa shape index (κ2) is 8.17. The number of halogens is 1. The average Bonchev–Trinajstić information content (AvgIpc) is 2.82. The standard InChI is InChI=1S/C26H20ClNO4/c1-28-22-5-3-2-4-20(22)25-24(26(28)30)21(14-23(29)32-25)17-8-12-19(13-9-17)31-15-16-6-10-18(27)11-7-16/h2-13,21H,14-15H2,1H3. The van der Waals surface area contributed by atoms with E-state index in [0.29, 0.717) is 28.7 Å². The van der Waals surface area contributed by atoms with E-state index < -0.39 is 0 Å². The lowest BCUT2D eigenvalue weighted by atomic mass is 9.86. The van der Waals surface area contributed by atoms with Gasteiger partial charge in [-0.2, -0.15) is 0 Å². The van der Waals surface area contributed by atoms with Gasteiger partial charge in [0.25, 0.3) is 5.56 Å². The lowest BCUT2D eigenvalue weighted by Gasteiger charge is -2.26. The number of aromatic nitrogens is 1. The number of hydrogen-bond donors (Lipinski definition) is 0. The average molecular weight is 446 g/mol. The number of pyridine rings is 1. The number of esters is 1. The van der Waals surface area contributed by atoms with Crippen LogP contribution in [0.3, 0.4) is 0 Å². The van der Waals surface area contributed by atoms with Gasteiger partial charge in [-0.3, -0.25) is 9.59 Å². The molecule has 2 heterocycles. The molecule has 0 N–H and O–H groups in total. The van der Waals surface area contributed by atoms with Crippen molar-refractivity contribution in [2.24, 2.45) is 7.05 Å². The molecular formula is C26H20ClNO4. The number of para-hydroxylation sites is 1. The van der Waals surface area contributed by atoms with E-state index in [1.165, 1.54) is 0 Å². The van der Waals surface area contributed by atoms with Crippen LogP contribution in [-0.2, 0) is 18.4 Å². The molecule has 1 aliphatic rings. The van der Waals surface area contributed by atoms with Crippen LogP contribution in [0.15, 0.2) is 77.6 Å². The largest absolute Gasteiger partial charge is 0.489 e. The van der Waals surface area contributed by atoms with Gasteiger partial charge in [-0.05, 0) is 47.5 Å². The number of benzene rings is 3. The summed E-state index contributed by atoms with van der Waals surface area (Å²) in [5.74, 6) is 0.352. The Morgan fingerprint density at radius 3 is 2.47 bits per heavy atom. The maximum atomic E-state index is 13.2. The normalized spacial score (nSPS) is 15.3. The molecule has 4 aromatic rings. The van der Waals surface area contributed by atoms with Gasteiger partial charge >= 0.3 is 5.97 Å². The molecule has 1 aliphatic heterocycles. The predicted octanol–water partition coefficient (Wildman–Crippen LogP) is 5.21. The van der Waals surface area contributed by atoms with Gasteiger partial charge in [-0.25, -0.2) is 0 Å². The molecule has 160 valence electrons. The lowest BCUT2D eigenvalue weighted by Crippen LogP contribution is -2.31. The van der Waals surface area contributed by atoms with Gasteiger partial charge in [0.15, 0.2) is 0 Å². The van der Waals surface area contributed by atoms with Gasteiger partial charge in [0.2, 0.25) is 0 Å². The zero-order chi connectivity index (χ0) is 22.2. The molecule has 0 aliphatic carbocycles. The maximum absolute atomic E-state index is 13.2. The van der Waals surface area contributed by atoms with Gasteiger partial charge in [-0.1, -0.05) is 48.0 Å². The first-order valence-corrected chi connectivity index (χ1v) is 10.7. The van der Waals surface area contributed by atoms with Crippen LogP contribution in [0.1, 0.15) is 29.0 Å². The molecule has 1 unspecified atom stereocenters. The molecule has 32 heavy (non-hydrogen) atoms. The number of nitrogens with zero attached hydrogens (tertiary/aromatic N) is 1. The first kappa shape index (κ1) is 20.3. The van der Waals surface area contributed by atoms with Crippen LogP contribution >= 0.6 is 11.6 Å². The Hall–Kier alpha value is -3.57. The Morgan fingerprint density at radius 1 is 1.00 bits per heavy atom. The van der Waals surface area contributed by atoms with E-state index >= 15 is 0 Å². The molecule has 3 aromatic carbocycles.